The van der Waals surface area contributed by atoms with Crippen LogP contribution in [-0.2, 0) is 17.8 Å². The number of aryl methyl sites for hydroxylation is 2. The molecule has 1 saturated heterocycles. The first-order valence-electron chi connectivity index (χ1n) is 11.6. The van der Waals surface area contributed by atoms with Crippen LogP contribution < -0.4 is 5.32 Å². The van der Waals surface area contributed by atoms with Crippen LogP contribution in [0.25, 0.3) is 11.0 Å². The van der Waals surface area contributed by atoms with Gasteiger partial charge in [0.1, 0.15) is 12.4 Å². The van der Waals surface area contributed by atoms with E-state index in [9.17, 15) is 9.59 Å². The summed E-state index contributed by atoms with van der Waals surface area (Å²) in [5.41, 5.74) is 3.58. The number of nitrogens with zero attached hydrogens (tertiary/aromatic N) is 3. The molecule has 3 aromatic rings. The van der Waals surface area contributed by atoms with Gasteiger partial charge in [0.15, 0.2) is 0 Å². The van der Waals surface area contributed by atoms with Crippen LogP contribution in [0, 0.1) is 6.92 Å². The molecule has 1 unspecified atom stereocenters. The molecule has 1 atom stereocenters. The second kappa shape index (κ2) is 9.98. The number of fused-ring (bicyclic) bond motifs is 1. The normalized spacial score (nSPS) is 16.3. The van der Waals surface area contributed by atoms with Crippen LogP contribution in [-0.4, -0.2) is 45.4 Å². The summed E-state index contributed by atoms with van der Waals surface area (Å²) in [7, 11) is 0. The van der Waals surface area contributed by atoms with E-state index in [1.54, 1.807) is 0 Å². The van der Waals surface area contributed by atoms with Crippen molar-refractivity contribution in [3.05, 3.63) is 65.5 Å². The number of hydrogen-bond acceptors (Lipinski definition) is 3. The minimum Gasteiger partial charge on any atom is -0.352 e. The lowest BCUT2D eigenvalue weighted by atomic mass is 10.0. The highest BCUT2D eigenvalue weighted by Gasteiger charge is 2.24. The van der Waals surface area contributed by atoms with Gasteiger partial charge in [-0.1, -0.05) is 30.3 Å². The van der Waals surface area contributed by atoms with Crippen molar-refractivity contribution in [2.24, 2.45) is 0 Å². The van der Waals surface area contributed by atoms with Crippen molar-refractivity contribution in [2.75, 3.05) is 13.1 Å². The Labute approximate surface area is 189 Å². The molecule has 6 nitrogen and oxygen atoms in total. The number of imidazole rings is 1. The van der Waals surface area contributed by atoms with Gasteiger partial charge < -0.3 is 14.8 Å². The van der Waals surface area contributed by atoms with Crippen molar-refractivity contribution in [2.45, 2.75) is 58.5 Å². The number of piperidine rings is 1. The average molecular weight is 433 g/mol. The summed E-state index contributed by atoms with van der Waals surface area (Å²) in [5.74, 6) is 1.01. The fraction of sp³-hybridized carbons (Fsp3) is 0.423. The fourth-order valence-corrected chi connectivity index (χ4v) is 4.56. The van der Waals surface area contributed by atoms with Crippen LogP contribution in [0.3, 0.4) is 0 Å². The van der Waals surface area contributed by atoms with Gasteiger partial charge in [-0.15, -0.1) is 0 Å². The SMILES string of the molecule is Cc1ccccc1C(=O)NCCCc1nc2ccccc2n1CC(=O)N1CCCCC1C. The van der Waals surface area contributed by atoms with Crippen LogP contribution in [0.1, 0.15) is 54.4 Å². The van der Waals surface area contributed by atoms with E-state index in [2.05, 4.69) is 16.8 Å². The van der Waals surface area contributed by atoms with Crippen molar-refractivity contribution in [3.8, 4) is 0 Å². The van der Waals surface area contributed by atoms with Crippen molar-refractivity contribution >= 4 is 22.8 Å². The minimum absolute atomic E-state index is 0.0501. The van der Waals surface area contributed by atoms with Gasteiger partial charge in [0.2, 0.25) is 5.91 Å². The van der Waals surface area contributed by atoms with Crippen molar-refractivity contribution in [1.29, 1.82) is 0 Å². The standard InChI is InChI=1S/C26H32N4O2/c1-19-10-3-4-12-21(19)26(32)27-16-9-15-24-28-22-13-5-6-14-23(22)30(24)18-25(31)29-17-8-7-11-20(29)2/h3-6,10,12-14,20H,7-9,11,15-18H2,1-2H3,(H,27,32). The molecule has 1 aromatic heterocycles. The molecule has 0 radical (unpaired) electrons. The van der Waals surface area contributed by atoms with Gasteiger partial charge in [0.05, 0.1) is 11.0 Å². The Bertz CT molecular complexity index is 1100. The Kier molecular flexibility index (Phi) is 6.88. The molecule has 0 bridgehead atoms. The molecule has 0 spiro atoms. The Morgan fingerprint density at radius 2 is 1.88 bits per heavy atom. The number of amides is 2. The Morgan fingerprint density at radius 3 is 2.69 bits per heavy atom. The third kappa shape index (κ3) is 4.85. The molecule has 2 aromatic carbocycles. The lowest BCUT2D eigenvalue weighted by Gasteiger charge is -2.33. The van der Waals surface area contributed by atoms with Crippen LogP contribution >= 0.6 is 0 Å². The molecule has 0 saturated carbocycles. The number of carbonyl (C=O) groups is 2. The first kappa shape index (κ1) is 22.1. The highest BCUT2D eigenvalue weighted by atomic mass is 16.2. The number of hydrogen-bond donors (Lipinski definition) is 1. The zero-order valence-corrected chi connectivity index (χ0v) is 19.0. The Hall–Kier alpha value is -3.15. The maximum absolute atomic E-state index is 13.1. The zero-order chi connectivity index (χ0) is 22.5. The topological polar surface area (TPSA) is 67.2 Å². The molecular formula is C26H32N4O2. The Morgan fingerprint density at radius 1 is 1.09 bits per heavy atom. The first-order chi connectivity index (χ1) is 15.5. The summed E-state index contributed by atoms with van der Waals surface area (Å²) >= 11 is 0. The lowest BCUT2D eigenvalue weighted by Crippen LogP contribution is -2.43. The van der Waals surface area contributed by atoms with Crippen molar-refractivity contribution in [1.82, 2.24) is 19.8 Å². The summed E-state index contributed by atoms with van der Waals surface area (Å²) in [6.45, 7) is 5.80. The molecule has 1 aliphatic rings. The summed E-state index contributed by atoms with van der Waals surface area (Å²) in [6.07, 6.45) is 4.80. The monoisotopic (exact) mass is 432 g/mol. The molecule has 6 heteroatoms. The Balaban J connectivity index is 1.42. The molecule has 2 amide bonds. The summed E-state index contributed by atoms with van der Waals surface area (Å²) in [6, 6.07) is 15.9. The first-order valence-corrected chi connectivity index (χ1v) is 11.6. The van der Waals surface area contributed by atoms with E-state index in [0.717, 1.165) is 48.2 Å². The van der Waals surface area contributed by atoms with Gasteiger partial charge in [-0.2, -0.15) is 0 Å². The number of rotatable bonds is 7. The number of aromatic nitrogens is 2. The number of likely N-dealkylation sites (tertiary alicyclic amines) is 1. The highest BCUT2D eigenvalue weighted by Crippen LogP contribution is 2.20. The lowest BCUT2D eigenvalue weighted by molar-refractivity contribution is -0.135. The van der Waals surface area contributed by atoms with Gasteiger partial charge in [0, 0.05) is 31.1 Å². The zero-order valence-electron chi connectivity index (χ0n) is 19.0. The molecule has 2 heterocycles. The largest absolute Gasteiger partial charge is 0.352 e. The van der Waals surface area contributed by atoms with E-state index in [0.29, 0.717) is 31.1 Å². The van der Waals surface area contributed by atoms with E-state index in [4.69, 9.17) is 4.98 Å². The van der Waals surface area contributed by atoms with E-state index < -0.39 is 0 Å². The summed E-state index contributed by atoms with van der Waals surface area (Å²) in [4.78, 5) is 32.4. The third-order valence-electron chi connectivity index (χ3n) is 6.40. The van der Waals surface area contributed by atoms with Gasteiger partial charge in [-0.3, -0.25) is 9.59 Å². The second-order valence-electron chi connectivity index (χ2n) is 8.71. The van der Waals surface area contributed by atoms with Gasteiger partial charge in [-0.05, 0) is 63.3 Å². The molecule has 32 heavy (non-hydrogen) atoms. The molecule has 1 fully saturated rings. The van der Waals surface area contributed by atoms with Gasteiger partial charge in [0.25, 0.3) is 5.91 Å². The molecule has 1 aliphatic heterocycles. The van der Waals surface area contributed by atoms with E-state index in [1.165, 1.54) is 6.42 Å². The molecule has 0 aliphatic carbocycles. The van der Waals surface area contributed by atoms with Crippen molar-refractivity contribution in [3.63, 3.8) is 0 Å². The quantitative estimate of drug-likeness (QED) is 0.572. The van der Waals surface area contributed by atoms with Gasteiger partial charge >= 0.3 is 0 Å². The number of benzene rings is 2. The molecular weight excluding hydrogens is 400 g/mol. The average Bonchev–Trinajstić information content (AvgIpc) is 3.14. The summed E-state index contributed by atoms with van der Waals surface area (Å²) in [5, 5.41) is 3.01. The van der Waals surface area contributed by atoms with E-state index >= 15 is 0 Å². The predicted molar refractivity (Wildman–Crippen MR) is 127 cm³/mol. The molecule has 168 valence electrons. The number of para-hydroxylation sites is 2. The third-order valence-corrected chi connectivity index (χ3v) is 6.40. The van der Waals surface area contributed by atoms with Crippen LogP contribution in [0.2, 0.25) is 0 Å². The number of nitrogens with one attached hydrogen (secondary N) is 1. The van der Waals surface area contributed by atoms with Crippen LogP contribution in [0.15, 0.2) is 48.5 Å². The molecule has 4 rings (SSSR count). The van der Waals surface area contributed by atoms with E-state index in [1.807, 2.05) is 60.4 Å². The van der Waals surface area contributed by atoms with E-state index in [-0.39, 0.29) is 11.8 Å². The molecule has 1 N–H and O–H groups in total. The smallest absolute Gasteiger partial charge is 0.251 e. The fourth-order valence-electron chi connectivity index (χ4n) is 4.56. The maximum atomic E-state index is 13.1. The second-order valence-corrected chi connectivity index (χ2v) is 8.71. The highest BCUT2D eigenvalue weighted by molar-refractivity contribution is 5.95. The minimum atomic E-state index is -0.0501. The number of carbonyl (C=O) groups excluding carboxylic acids is 2. The maximum Gasteiger partial charge on any atom is 0.251 e. The van der Waals surface area contributed by atoms with Crippen molar-refractivity contribution < 1.29 is 9.59 Å². The van der Waals surface area contributed by atoms with Crippen LogP contribution in [0.4, 0.5) is 0 Å². The summed E-state index contributed by atoms with van der Waals surface area (Å²) < 4.78 is 2.06. The van der Waals surface area contributed by atoms with Crippen LogP contribution in [0.5, 0.6) is 0 Å². The predicted octanol–water partition coefficient (Wildman–Crippen LogP) is 4.11. The van der Waals surface area contributed by atoms with Gasteiger partial charge in [-0.25, -0.2) is 4.98 Å².